The summed E-state index contributed by atoms with van der Waals surface area (Å²) in [5.41, 5.74) is 6.20. The number of likely N-dealkylation sites (tertiary alicyclic amines) is 1. The number of nitrogens with two attached hydrogens (primary N) is 1. The molecule has 0 saturated carbocycles. The fraction of sp³-hybridized carbons (Fsp3) is 0.571. The average Bonchev–Trinajstić information content (AvgIpc) is 2.34. The fourth-order valence-electron chi connectivity index (χ4n) is 2.35. The number of rotatable bonds is 3. The van der Waals surface area contributed by atoms with Crippen LogP contribution >= 0.6 is 0 Å². The number of nitrogens with zero attached hydrogens (tertiary/aromatic N) is 1. The molecule has 2 rings (SSSR count). The first-order chi connectivity index (χ1) is 8.52. The fourth-order valence-corrected chi connectivity index (χ4v) is 2.35. The molecule has 0 bridgehead atoms. The van der Waals surface area contributed by atoms with Crippen molar-refractivity contribution in [2.45, 2.75) is 38.5 Å². The lowest BCUT2D eigenvalue weighted by atomic mass is 9.93. The van der Waals surface area contributed by atoms with Crippen LogP contribution in [0.25, 0.3) is 0 Å². The highest BCUT2D eigenvalue weighted by atomic mass is 19.1. The Hall–Kier alpha value is -0.970. The zero-order chi connectivity index (χ0) is 13.2. The van der Waals surface area contributed by atoms with E-state index in [0.717, 1.165) is 25.9 Å². The Balaban J connectivity index is 2.02. The van der Waals surface area contributed by atoms with E-state index in [0.29, 0.717) is 17.7 Å². The van der Waals surface area contributed by atoms with Crippen molar-refractivity contribution in [3.8, 4) is 0 Å². The molecule has 0 amide bonds. The zero-order valence-electron chi connectivity index (χ0n) is 10.8. The first-order valence-corrected chi connectivity index (χ1v) is 6.43. The second-order valence-electron chi connectivity index (χ2n) is 5.37. The summed E-state index contributed by atoms with van der Waals surface area (Å²) in [6.07, 6.45) is 1.48. The van der Waals surface area contributed by atoms with Crippen molar-refractivity contribution in [1.29, 1.82) is 0 Å². The first kappa shape index (κ1) is 13.5. The number of aliphatic hydroxyl groups is 1. The molecule has 0 aromatic heterocycles. The molecule has 1 aromatic carbocycles. The Labute approximate surface area is 107 Å². The topological polar surface area (TPSA) is 49.5 Å². The molecule has 0 unspecified atom stereocenters. The zero-order valence-corrected chi connectivity index (χ0v) is 10.8. The largest absolute Gasteiger partial charge is 0.390 e. The van der Waals surface area contributed by atoms with Crippen LogP contribution in [0.1, 0.15) is 30.9 Å². The van der Waals surface area contributed by atoms with Gasteiger partial charge < -0.3 is 10.8 Å². The summed E-state index contributed by atoms with van der Waals surface area (Å²) in [6, 6.07) is 5.38. The van der Waals surface area contributed by atoms with Crippen molar-refractivity contribution >= 4 is 0 Å². The molecule has 1 fully saturated rings. The lowest BCUT2D eigenvalue weighted by Gasteiger charge is -2.35. The Morgan fingerprint density at radius 3 is 2.56 bits per heavy atom. The molecule has 1 aliphatic heterocycles. The minimum Gasteiger partial charge on any atom is -0.390 e. The Bertz CT molecular complexity index is 410. The van der Waals surface area contributed by atoms with E-state index >= 15 is 0 Å². The summed E-state index contributed by atoms with van der Waals surface area (Å²) in [7, 11) is 0. The summed E-state index contributed by atoms with van der Waals surface area (Å²) < 4.78 is 14.0. The summed E-state index contributed by atoms with van der Waals surface area (Å²) in [5, 5.41) is 9.88. The normalized spacial score (nSPS) is 20.0. The summed E-state index contributed by atoms with van der Waals surface area (Å²) in [4.78, 5) is 2.18. The molecule has 0 spiro atoms. The first-order valence-electron chi connectivity index (χ1n) is 6.43. The third-order valence-corrected chi connectivity index (χ3v) is 3.71. The molecule has 0 aliphatic carbocycles. The van der Waals surface area contributed by atoms with Crippen molar-refractivity contribution in [2.75, 3.05) is 13.1 Å². The van der Waals surface area contributed by atoms with Gasteiger partial charge in [-0.15, -0.1) is 0 Å². The summed E-state index contributed by atoms with van der Waals surface area (Å²) in [5.74, 6) is -0.183. The molecule has 100 valence electrons. The van der Waals surface area contributed by atoms with Crippen LogP contribution in [0.2, 0.25) is 0 Å². The maximum absolute atomic E-state index is 14.0. The van der Waals surface area contributed by atoms with Crippen LogP contribution in [0.15, 0.2) is 18.2 Å². The van der Waals surface area contributed by atoms with Crippen molar-refractivity contribution in [1.82, 2.24) is 4.90 Å². The summed E-state index contributed by atoms with van der Waals surface area (Å²) >= 11 is 0. The molecule has 4 heteroatoms. The molecular formula is C14H21FN2O. The minimum atomic E-state index is -0.561. The second-order valence-corrected chi connectivity index (χ2v) is 5.37. The lowest BCUT2D eigenvalue weighted by molar-refractivity contribution is -0.00750. The highest BCUT2D eigenvalue weighted by molar-refractivity contribution is 5.25. The maximum atomic E-state index is 14.0. The molecule has 1 aliphatic rings. The van der Waals surface area contributed by atoms with Gasteiger partial charge in [-0.2, -0.15) is 0 Å². The van der Waals surface area contributed by atoms with Gasteiger partial charge in [0.15, 0.2) is 0 Å². The van der Waals surface area contributed by atoms with Gasteiger partial charge in [0.05, 0.1) is 5.60 Å². The quantitative estimate of drug-likeness (QED) is 0.859. The van der Waals surface area contributed by atoms with E-state index in [1.807, 2.05) is 13.0 Å². The molecule has 3 nitrogen and oxygen atoms in total. The second kappa shape index (κ2) is 5.34. The standard InChI is InChI=1S/C14H21FN2O/c1-14(18)5-7-17(8-6-14)10-12-4-2-3-11(9-16)13(12)15/h2-4,18H,5-10,16H2,1H3. The van der Waals surface area contributed by atoms with Crippen LogP contribution in [0.3, 0.4) is 0 Å². The average molecular weight is 252 g/mol. The number of benzene rings is 1. The van der Waals surface area contributed by atoms with Crippen LogP contribution in [0.5, 0.6) is 0 Å². The number of hydrogen-bond donors (Lipinski definition) is 2. The van der Waals surface area contributed by atoms with Crippen molar-refractivity contribution < 1.29 is 9.50 Å². The van der Waals surface area contributed by atoms with E-state index in [1.165, 1.54) is 0 Å². The number of hydrogen-bond acceptors (Lipinski definition) is 3. The molecule has 1 aromatic rings. The van der Waals surface area contributed by atoms with Gasteiger partial charge in [-0.05, 0) is 19.8 Å². The Morgan fingerprint density at radius 1 is 1.33 bits per heavy atom. The molecule has 0 radical (unpaired) electrons. The van der Waals surface area contributed by atoms with Crippen LogP contribution < -0.4 is 5.73 Å². The molecule has 1 heterocycles. The van der Waals surface area contributed by atoms with Gasteiger partial charge >= 0.3 is 0 Å². The third-order valence-electron chi connectivity index (χ3n) is 3.71. The van der Waals surface area contributed by atoms with Gasteiger partial charge in [0, 0.05) is 37.3 Å². The van der Waals surface area contributed by atoms with E-state index in [1.54, 1.807) is 12.1 Å². The van der Waals surface area contributed by atoms with E-state index in [-0.39, 0.29) is 12.4 Å². The third kappa shape index (κ3) is 3.07. The van der Waals surface area contributed by atoms with Crippen molar-refractivity contribution in [3.05, 3.63) is 35.1 Å². The predicted molar refractivity (Wildman–Crippen MR) is 69.4 cm³/mol. The molecule has 3 N–H and O–H groups in total. The smallest absolute Gasteiger partial charge is 0.132 e. The van der Waals surface area contributed by atoms with E-state index < -0.39 is 5.60 Å². The highest BCUT2D eigenvalue weighted by Gasteiger charge is 2.27. The molecular weight excluding hydrogens is 231 g/mol. The van der Waals surface area contributed by atoms with Crippen LogP contribution in [0.4, 0.5) is 4.39 Å². The predicted octanol–water partition coefficient (Wildman–Crippen LogP) is 1.63. The monoisotopic (exact) mass is 252 g/mol. The van der Waals surface area contributed by atoms with E-state index in [4.69, 9.17) is 5.73 Å². The molecule has 1 saturated heterocycles. The molecule has 18 heavy (non-hydrogen) atoms. The summed E-state index contributed by atoms with van der Waals surface area (Å²) in [6.45, 7) is 4.29. The van der Waals surface area contributed by atoms with Gasteiger partial charge in [0.1, 0.15) is 5.82 Å². The Kier molecular flexibility index (Phi) is 4.00. The number of piperidine rings is 1. The minimum absolute atomic E-state index is 0.183. The van der Waals surface area contributed by atoms with Gasteiger partial charge in [-0.3, -0.25) is 4.90 Å². The molecule has 0 atom stereocenters. The van der Waals surface area contributed by atoms with E-state index in [2.05, 4.69) is 4.90 Å². The number of halogens is 1. The Morgan fingerprint density at radius 2 is 1.94 bits per heavy atom. The maximum Gasteiger partial charge on any atom is 0.132 e. The van der Waals surface area contributed by atoms with Crippen molar-refractivity contribution in [3.63, 3.8) is 0 Å². The SMILES string of the molecule is CC1(O)CCN(Cc2cccc(CN)c2F)CC1. The highest BCUT2D eigenvalue weighted by Crippen LogP contribution is 2.23. The van der Waals surface area contributed by atoms with Gasteiger partial charge in [0.2, 0.25) is 0 Å². The van der Waals surface area contributed by atoms with E-state index in [9.17, 15) is 9.50 Å². The van der Waals surface area contributed by atoms with Crippen LogP contribution in [-0.4, -0.2) is 28.7 Å². The van der Waals surface area contributed by atoms with Gasteiger partial charge in [0.25, 0.3) is 0 Å². The van der Waals surface area contributed by atoms with Crippen LogP contribution in [0, 0.1) is 5.82 Å². The van der Waals surface area contributed by atoms with Gasteiger partial charge in [-0.1, -0.05) is 18.2 Å². The van der Waals surface area contributed by atoms with Gasteiger partial charge in [-0.25, -0.2) is 4.39 Å². The van der Waals surface area contributed by atoms with Crippen LogP contribution in [-0.2, 0) is 13.1 Å². The lowest BCUT2D eigenvalue weighted by Crippen LogP contribution is -2.42. The van der Waals surface area contributed by atoms with Crippen molar-refractivity contribution in [2.24, 2.45) is 5.73 Å².